The fourth-order valence-corrected chi connectivity index (χ4v) is 0.514. The first-order valence-corrected chi connectivity index (χ1v) is 3.26. The predicted molar refractivity (Wildman–Crippen MR) is 42.5 cm³/mol. The standard InChI is InChI=1S/C9H12O/c1-4-5-6-7-9(10)8(2)3/h2,6-7H2,1,3H3. The average Bonchev–Trinajstić information content (AvgIpc) is 1.88. The molecule has 54 valence electrons. The van der Waals surface area contributed by atoms with E-state index in [9.17, 15) is 4.79 Å². The van der Waals surface area contributed by atoms with Crippen molar-refractivity contribution in [2.75, 3.05) is 0 Å². The minimum atomic E-state index is 0.114. The van der Waals surface area contributed by atoms with Gasteiger partial charge in [0.05, 0.1) is 0 Å². The zero-order valence-electron chi connectivity index (χ0n) is 6.53. The van der Waals surface area contributed by atoms with Crippen LogP contribution in [0, 0.1) is 11.8 Å². The molecular formula is C9H12O. The lowest BCUT2D eigenvalue weighted by atomic mass is 10.1. The van der Waals surface area contributed by atoms with Crippen molar-refractivity contribution in [1.82, 2.24) is 0 Å². The van der Waals surface area contributed by atoms with Gasteiger partial charge < -0.3 is 0 Å². The van der Waals surface area contributed by atoms with E-state index >= 15 is 0 Å². The Morgan fingerprint density at radius 1 is 1.60 bits per heavy atom. The smallest absolute Gasteiger partial charge is 0.158 e. The number of hydrogen-bond donors (Lipinski definition) is 0. The summed E-state index contributed by atoms with van der Waals surface area (Å²) in [5.41, 5.74) is 0.623. The first kappa shape index (κ1) is 8.97. The SMILES string of the molecule is C=C(C)C(=O)CCC#CC. The van der Waals surface area contributed by atoms with Gasteiger partial charge >= 0.3 is 0 Å². The second-order valence-corrected chi connectivity index (χ2v) is 2.13. The van der Waals surface area contributed by atoms with Crippen LogP contribution in [0.3, 0.4) is 0 Å². The van der Waals surface area contributed by atoms with E-state index in [2.05, 4.69) is 18.4 Å². The Bertz CT molecular complexity index is 191. The van der Waals surface area contributed by atoms with E-state index in [1.54, 1.807) is 13.8 Å². The first-order chi connectivity index (χ1) is 4.68. The molecule has 0 aromatic rings. The molecule has 0 aliphatic heterocycles. The molecule has 0 amide bonds. The first-order valence-electron chi connectivity index (χ1n) is 3.26. The van der Waals surface area contributed by atoms with E-state index in [4.69, 9.17) is 0 Å². The molecule has 10 heavy (non-hydrogen) atoms. The molecule has 0 aliphatic rings. The fourth-order valence-electron chi connectivity index (χ4n) is 0.514. The number of ketones is 1. The minimum Gasteiger partial charge on any atom is -0.295 e. The molecule has 0 unspecified atom stereocenters. The van der Waals surface area contributed by atoms with E-state index in [1.807, 2.05) is 0 Å². The molecule has 0 aromatic heterocycles. The van der Waals surface area contributed by atoms with Crippen LogP contribution in [-0.2, 0) is 4.79 Å². The zero-order valence-corrected chi connectivity index (χ0v) is 6.53. The summed E-state index contributed by atoms with van der Waals surface area (Å²) < 4.78 is 0. The van der Waals surface area contributed by atoms with E-state index in [0.717, 1.165) is 0 Å². The van der Waals surface area contributed by atoms with Gasteiger partial charge in [0.1, 0.15) is 0 Å². The van der Waals surface area contributed by atoms with Crippen LogP contribution in [0.4, 0.5) is 0 Å². The van der Waals surface area contributed by atoms with Crippen molar-refractivity contribution in [1.29, 1.82) is 0 Å². The molecule has 1 nitrogen and oxygen atoms in total. The van der Waals surface area contributed by atoms with Crippen molar-refractivity contribution in [3.05, 3.63) is 12.2 Å². The topological polar surface area (TPSA) is 17.1 Å². The van der Waals surface area contributed by atoms with Gasteiger partial charge in [0.25, 0.3) is 0 Å². The van der Waals surface area contributed by atoms with Gasteiger partial charge in [0, 0.05) is 12.8 Å². The third-order valence-electron chi connectivity index (χ3n) is 1.13. The van der Waals surface area contributed by atoms with E-state index in [0.29, 0.717) is 18.4 Å². The molecule has 0 heterocycles. The Labute approximate surface area is 62.1 Å². The van der Waals surface area contributed by atoms with Crippen LogP contribution in [0.2, 0.25) is 0 Å². The van der Waals surface area contributed by atoms with Crippen LogP contribution in [-0.4, -0.2) is 5.78 Å². The molecule has 0 saturated carbocycles. The Morgan fingerprint density at radius 3 is 2.60 bits per heavy atom. The summed E-state index contributed by atoms with van der Waals surface area (Å²) >= 11 is 0. The summed E-state index contributed by atoms with van der Waals surface area (Å²) in [6, 6.07) is 0. The lowest BCUT2D eigenvalue weighted by molar-refractivity contribution is -0.115. The number of allylic oxidation sites excluding steroid dienone is 1. The molecule has 0 spiro atoms. The summed E-state index contributed by atoms with van der Waals surface area (Å²) in [4.78, 5) is 10.9. The van der Waals surface area contributed by atoms with Crippen molar-refractivity contribution >= 4 is 5.78 Å². The van der Waals surface area contributed by atoms with Crippen molar-refractivity contribution in [2.45, 2.75) is 26.7 Å². The number of rotatable bonds is 3. The van der Waals surface area contributed by atoms with Gasteiger partial charge in [0.15, 0.2) is 5.78 Å². The van der Waals surface area contributed by atoms with Crippen molar-refractivity contribution in [3.8, 4) is 11.8 Å². The second kappa shape index (κ2) is 4.81. The molecule has 1 heteroatoms. The highest BCUT2D eigenvalue weighted by Gasteiger charge is 1.98. The average molecular weight is 136 g/mol. The van der Waals surface area contributed by atoms with E-state index in [-0.39, 0.29) is 5.78 Å². The van der Waals surface area contributed by atoms with Gasteiger partial charge in [0.2, 0.25) is 0 Å². The van der Waals surface area contributed by atoms with Crippen LogP contribution in [0.15, 0.2) is 12.2 Å². The molecule has 0 N–H and O–H groups in total. The highest BCUT2D eigenvalue weighted by Crippen LogP contribution is 1.97. The number of hydrogen-bond acceptors (Lipinski definition) is 1. The Hall–Kier alpha value is -1.03. The molecule has 0 radical (unpaired) electrons. The zero-order chi connectivity index (χ0) is 7.98. The van der Waals surface area contributed by atoms with Gasteiger partial charge in [-0.25, -0.2) is 0 Å². The minimum absolute atomic E-state index is 0.114. The van der Waals surface area contributed by atoms with Gasteiger partial charge in [-0.15, -0.1) is 11.8 Å². The summed E-state index contributed by atoms with van der Waals surface area (Å²) in [5, 5.41) is 0. The number of carbonyl (C=O) groups excluding carboxylic acids is 1. The Balaban J connectivity index is 3.57. The molecule has 0 aromatic carbocycles. The molecule has 0 rings (SSSR count). The molecule has 0 fully saturated rings. The maximum atomic E-state index is 10.9. The molecule has 0 saturated heterocycles. The highest BCUT2D eigenvalue weighted by molar-refractivity contribution is 5.94. The van der Waals surface area contributed by atoms with E-state index < -0.39 is 0 Å². The lowest BCUT2D eigenvalue weighted by Crippen LogP contribution is -1.96. The Kier molecular flexibility index (Phi) is 4.32. The van der Waals surface area contributed by atoms with Crippen molar-refractivity contribution in [2.24, 2.45) is 0 Å². The summed E-state index contributed by atoms with van der Waals surface area (Å²) in [6.07, 6.45) is 1.17. The van der Waals surface area contributed by atoms with Gasteiger partial charge in [-0.3, -0.25) is 4.79 Å². The molecular weight excluding hydrogens is 124 g/mol. The largest absolute Gasteiger partial charge is 0.295 e. The fraction of sp³-hybridized carbons (Fsp3) is 0.444. The quantitative estimate of drug-likeness (QED) is 0.428. The van der Waals surface area contributed by atoms with Crippen molar-refractivity contribution < 1.29 is 4.79 Å². The molecule has 0 aliphatic carbocycles. The van der Waals surface area contributed by atoms with Gasteiger partial charge in [-0.05, 0) is 19.4 Å². The molecule has 0 atom stereocenters. The highest BCUT2D eigenvalue weighted by atomic mass is 16.1. The monoisotopic (exact) mass is 136 g/mol. The lowest BCUT2D eigenvalue weighted by Gasteiger charge is -1.92. The number of carbonyl (C=O) groups is 1. The summed E-state index contributed by atoms with van der Waals surface area (Å²) in [7, 11) is 0. The predicted octanol–water partition coefficient (Wildman–Crippen LogP) is 1.94. The maximum Gasteiger partial charge on any atom is 0.158 e. The van der Waals surface area contributed by atoms with Crippen LogP contribution in [0.5, 0.6) is 0 Å². The van der Waals surface area contributed by atoms with Crippen LogP contribution in [0.1, 0.15) is 26.7 Å². The second-order valence-electron chi connectivity index (χ2n) is 2.13. The van der Waals surface area contributed by atoms with Gasteiger partial charge in [-0.1, -0.05) is 6.58 Å². The molecule has 0 bridgehead atoms. The van der Waals surface area contributed by atoms with Crippen LogP contribution < -0.4 is 0 Å². The third-order valence-corrected chi connectivity index (χ3v) is 1.13. The maximum absolute atomic E-state index is 10.9. The van der Waals surface area contributed by atoms with Crippen molar-refractivity contribution in [3.63, 3.8) is 0 Å². The third kappa shape index (κ3) is 3.91. The Morgan fingerprint density at radius 2 is 2.20 bits per heavy atom. The normalized spacial score (nSPS) is 7.80. The summed E-state index contributed by atoms with van der Waals surface area (Å²) in [6.45, 7) is 7.03. The van der Waals surface area contributed by atoms with Crippen LogP contribution in [0.25, 0.3) is 0 Å². The number of Topliss-reactive ketones (excluding diaryl/α,β-unsaturated/α-hetero) is 1. The van der Waals surface area contributed by atoms with Crippen LogP contribution >= 0.6 is 0 Å². The summed E-state index contributed by atoms with van der Waals surface area (Å²) in [5.74, 6) is 5.67. The van der Waals surface area contributed by atoms with Gasteiger partial charge in [-0.2, -0.15) is 0 Å². The van der Waals surface area contributed by atoms with E-state index in [1.165, 1.54) is 0 Å².